The maximum atomic E-state index is 12.6. The Morgan fingerprint density at radius 3 is 2.11 bits per heavy atom. The molecule has 0 bridgehead atoms. The molecule has 0 radical (unpaired) electrons. The number of nitro benzene ring substituents is 1. The van der Waals surface area contributed by atoms with E-state index >= 15 is 0 Å². The molecule has 0 aromatic heterocycles. The quantitative estimate of drug-likeness (QED) is 0.291. The van der Waals surface area contributed by atoms with Crippen molar-refractivity contribution in [2.45, 2.75) is 32.7 Å². The number of amides is 1. The van der Waals surface area contributed by atoms with E-state index in [1.165, 1.54) is 19.2 Å². The summed E-state index contributed by atoms with van der Waals surface area (Å²) in [5.74, 6) is -2.69. The van der Waals surface area contributed by atoms with Crippen molar-refractivity contribution in [3.63, 3.8) is 0 Å². The average Bonchev–Trinajstić information content (AvgIpc) is 2.60. The Bertz CT molecular complexity index is 714. The van der Waals surface area contributed by atoms with Crippen LogP contribution in [0.5, 0.6) is 5.75 Å². The first-order valence-corrected chi connectivity index (χ1v) is 8.16. The lowest BCUT2D eigenvalue weighted by atomic mass is 9.90. The van der Waals surface area contributed by atoms with E-state index in [0.29, 0.717) is 0 Å². The predicted octanol–water partition coefficient (Wildman–Crippen LogP) is 1.15. The highest BCUT2D eigenvalue weighted by atomic mass is 16.6. The van der Waals surface area contributed by atoms with Crippen molar-refractivity contribution in [2.75, 3.05) is 20.3 Å². The molecule has 0 aliphatic carbocycles. The van der Waals surface area contributed by atoms with Crippen LogP contribution in [0.1, 0.15) is 26.3 Å². The van der Waals surface area contributed by atoms with Crippen molar-refractivity contribution in [2.24, 2.45) is 0 Å². The number of esters is 2. The van der Waals surface area contributed by atoms with Crippen LogP contribution in [0.4, 0.5) is 5.69 Å². The molecular weight excluding hydrogens is 360 g/mol. The Kier molecular flexibility index (Phi) is 7.70. The minimum Gasteiger partial charge on any atom is -0.490 e. The van der Waals surface area contributed by atoms with Gasteiger partial charge in [0, 0.05) is 19.4 Å². The highest BCUT2D eigenvalue weighted by Gasteiger charge is 2.50. The fourth-order valence-electron chi connectivity index (χ4n) is 2.48. The maximum Gasteiger partial charge on any atom is 0.344 e. The molecule has 1 aromatic carbocycles. The molecule has 1 aromatic rings. The van der Waals surface area contributed by atoms with Gasteiger partial charge in [-0.2, -0.15) is 0 Å². The van der Waals surface area contributed by atoms with Gasteiger partial charge in [0.15, 0.2) is 5.75 Å². The van der Waals surface area contributed by atoms with E-state index in [-0.39, 0.29) is 30.2 Å². The number of benzene rings is 1. The van der Waals surface area contributed by atoms with E-state index in [1.54, 1.807) is 13.8 Å². The van der Waals surface area contributed by atoms with Crippen molar-refractivity contribution < 1.29 is 33.5 Å². The fourth-order valence-corrected chi connectivity index (χ4v) is 2.48. The number of nitro groups is 1. The average molecular weight is 382 g/mol. The zero-order valence-electron chi connectivity index (χ0n) is 15.6. The summed E-state index contributed by atoms with van der Waals surface area (Å²) in [4.78, 5) is 47.4. The molecule has 10 nitrogen and oxygen atoms in total. The fraction of sp³-hybridized carbons (Fsp3) is 0.471. The summed E-state index contributed by atoms with van der Waals surface area (Å²) < 4.78 is 14.8. The van der Waals surface area contributed by atoms with Crippen LogP contribution in [0.25, 0.3) is 0 Å². The molecule has 27 heavy (non-hydrogen) atoms. The van der Waals surface area contributed by atoms with Crippen molar-refractivity contribution in [3.8, 4) is 5.75 Å². The van der Waals surface area contributed by atoms with Crippen molar-refractivity contribution in [3.05, 3.63) is 33.9 Å². The Morgan fingerprint density at radius 1 is 1.15 bits per heavy atom. The van der Waals surface area contributed by atoms with Gasteiger partial charge >= 0.3 is 17.6 Å². The second-order valence-corrected chi connectivity index (χ2v) is 5.47. The first-order valence-electron chi connectivity index (χ1n) is 8.16. The Labute approximate surface area is 155 Å². The second-order valence-electron chi connectivity index (χ2n) is 5.47. The van der Waals surface area contributed by atoms with Crippen molar-refractivity contribution in [1.29, 1.82) is 0 Å². The lowest BCUT2D eigenvalue weighted by molar-refractivity contribution is -0.385. The number of hydrogen-bond acceptors (Lipinski definition) is 8. The molecule has 1 amide bonds. The molecule has 0 saturated heterocycles. The molecule has 0 aliphatic rings. The number of ether oxygens (including phenoxy) is 3. The van der Waals surface area contributed by atoms with Gasteiger partial charge in [-0.05, 0) is 25.5 Å². The zero-order valence-corrected chi connectivity index (χ0v) is 15.6. The lowest BCUT2D eigenvalue weighted by Crippen LogP contribution is -2.62. The summed E-state index contributed by atoms with van der Waals surface area (Å²) >= 11 is 0. The van der Waals surface area contributed by atoms with Crippen molar-refractivity contribution in [1.82, 2.24) is 5.32 Å². The molecule has 0 spiro atoms. The third kappa shape index (κ3) is 5.16. The van der Waals surface area contributed by atoms with Gasteiger partial charge in [0.1, 0.15) is 0 Å². The number of nitrogens with one attached hydrogen (secondary N) is 1. The number of nitrogens with zero attached hydrogens (tertiary/aromatic N) is 1. The molecular formula is C17H22N2O8. The van der Waals surface area contributed by atoms with Crippen LogP contribution in [0.15, 0.2) is 18.2 Å². The number of methoxy groups -OCH3 is 1. The summed E-state index contributed by atoms with van der Waals surface area (Å²) in [6.07, 6.45) is -0.394. The van der Waals surface area contributed by atoms with Gasteiger partial charge in [-0.25, -0.2) is 9.59 Å². The van der Waals surface area contributed by atoms with Gasteiger partial charge in [-0.1, -0.05) is 6.07 Å². The smallest absolute Gasteiger partial charge is 0.344 e. The first kappa shape index (κ1) is 21.9. The maximum absolute atomic E-state index is 12.6. The molecule has 1 N–H and O–H groups in total. The molecule has 0 saturated carbocycles. The first-order chi connectivity index (χ1) is 12.7. The predicted molar refractivity (Wildman–Crippen MR) is 93.2 cm³/mol. The molecule has 0 atom stereocenters. The number of carbonyl (C=O) groups is 3. The Balaban J connectivity index is 3.48. The number of hydrogen-bond donors (Lipinski definition) is 1. The third-order valence-corrected chi connectivity index (χ3v) is 3.55. The summed E-state index contributed by atoms with van der Waals surface area (Å²) in [6, 6.07) is 3.94. The molecule has 1 rings (SSSR count). The molecule has 0 heterocycles. The number of carbonyl (C=O) groups excluding carboxylic acids is 3. The van der Waals surface area contributed by atoms with Crippen LogP contribution in [-0.4, -0.2) is 48.6 Å². The van der Waals surface area contributed by atoms with E-state index in [1.807, 2.05) is 0 Å². The van der Waals surface area contributed by atoms with E-state index in [4.69, 9.17) is 14.2 Å². The van der Waals surface area contributed by atoms with Crippen LogP contribution in [0, 0.1) is 10.1 Å². The largest absolute Gasteiger partial charge is 0.490 e. The van der Waals surface area contributed by atoms with Crippen LogP contribution < -0.4 is 10.1 Å². The minimum atomic E-state index is -2.17. The van der Waals surface area contributed by atoms with E-state index in [9.17, 15) is 24.5 Å². The van der Waals surface area contributed by atoms with Gasteiger partial charge in [-0.15, -0.1) is 0 Å². The van der Waals surface area contributed by atoms with E-state index in [2.05, 4.69) is 5.32 Å². The summed E-state index contributed by atoms with van der Waals surface area (Å²) in [5.41, 5.74) is -2.28. The van der Waals surface area contributed by atoms with E-state index in [0.717, 1.165) is 13.0 Å². The highest BCUT2D eigenvalue weighted by molar-refractivity contribution is 6.08. The summed E-state index contributed by atoms with van der Waals surface area (Å²) in [7, 11) is 1.28. The monoisotopic (exact) mass is 382 g/mol. The van der Waals surface area contributed by atoms with Crippen LogP contribution in [0.3, 0.4) is 0 Å². The SMILES string of the molecule is CCOC(=O)C(Cc1ccc(OC)c([N+](=O)[O-])c1)(NC(C)=O)C(=O)OCC. The van der Waals surface area contributed by atoms with Crippen molar-refractivity contribution >= 4 is 23.5 Å². The third-order valence-electron chi connectivity index (χ3n) is 3.55. The van der Waals surface area contributed by atoms with Gasteiger partial charge in [0.25, 0.3) is 0 Å². The van der Waals surface area contributed by atoms with E-state index < -0.39 is 34.7 Å². The van der Waals surface area contributed by atoms with Crippen LogP contribution in [0.2, 0.25) is 0 Å². The molecule has 0 fully saturated rings. The minimum absolute atomic E-state index is 0.0150. The molecule has 10 heteroatoms. The van der Waals surface area contributed by atoms with Gasteiger partial charge < -0.3 is 19.5 Å². The van der Waals surface area contributed by atoms with Gasteiger partial charge in [0.2, 0.25) is 11.4 Å². The normalized spacial score (nSPS) is 10.7. The van der Waals surface area contributed by atoms with Crippen LogP contribution >= 0.6 is 0 Å². The standard InChI is InChI=1S/C17H22N2O8/c1-5-26-15(21)17(18-11(3)20,16(22)27-6-2)10-12-7-8-14(25-4)13(9-12)19(23)24/h7-9H,5-6,10H2,1-4H3,(H,18,20). The highest BCUT2D eigenvalue weighted by Crippen LogP contribution is 2.29. The van der Waals surface area contributed by atoms with Gasteiger partial charge in [0.05, 0.1) is 25.2 Å². The number of rotatable bonds is 9. The zero-order chi connectivity index (χ0) is 20.6. The Hall–Kier alpha value is -3.17. The summed E-state index contributed by atoms with van der Waals surface area (Å²) in [5, 5.41) is 13.5. The Morgan fingerprint density at radius 2 is 1.70 bits per heavy atom. The summed E-state index contributed by atoms with van der Waals surface area (Å²) in [6.45, 7) is 4.13. The lowest BCUT2D eigenvalue weighted by Gasteiger charge is -2.29. The van der Waals surface area contributed by atoms with Gasteiger partial charge in [-0.3, -0.25) is 14.9 Å². The molecule has 0 aliphatic heterocycles. The topological polar surface area (TPSA) is 134 Å². The second kappa shape index (κ2) is 9.51. The van der Waals surface area contributed by atoms with Crippen LogP contribution in [-0.2, 0) is 30.3 Å². The molecule has 148 valence electrons. The molecule has 0 unspecified atom stereocenters.